The maximum Gasteiger partial charge on any atom is 0.342 e. The molecule has 0 saturated carbocycles. The Morgan fingerprint density at radius 1 is 1.22 bits per heavy atom. The monoisotopic (exact) mass is 527 g/mol. The van der Waals surface area contributed by atoms with Crippen molar-refractivity contribution in [1.82, 2.24) is 29.7 Å². The number of carbonyl (C=O) groups is 2. The van der Waals surface area contributed by atoms with Gasteiger partial charge < -0.3 is 24.5 Å². The molecule has 1 saturated heterocycles. The van der Waals surface area contributed by atoms with Crippen LogP contribution in [0.25, 0.3) is 11.2 Å². The number of nitrogens with one attached hydrogen (secondary N) is 2. The molecule has 0 spiro atoms. The second kappa shape index (κ2) is 11.6. The van der Waals surface area contributed by atoms with Crippen molar-refractivity contribution >= 4 is 36.7 Å². The van der Waals surface area contributed by atoms with Crippen molar-refractivity contribution in [2.75, 3.05) is 26.6 Å². The van der Waals surface area contributed by atoms with Crippen LogP contribution in [0.5, 0.6) is 0 Å². The SMILES string of the molecule is CCc1nc(N)nc2c1ncn2C1OC(COP(=O)(NC(C)C(=O)OC)NC(C)C(=O)OC)CC1C. The normalized spacial score (nSPS) is 23.2. The van der Waals surface area contributed by atoms with Gasteiger partial charge in [0.1, 0.15) is 23.8 Å². The summed E-state index contributed by atoms with van der Waals surface area (Å²) in [7, 11) is -1.48. The number of hydrogen-bond donors (Lipinski definition) is 3. The number of nitrogens with zero attached hydrogens (tertiary/aromatic N) is 4. The molecule has 0 aromatic carbocycles. The van der Waals surface area contributed by atoms with E-state index in [2.05, 4.69) is 34.6 Å². The van der Waals surface area contributed by atoms with E-state index in [-0.39, 0.29) is 18.5 Å². The molecule has 2 aromatic rings. The average Bonchev–Trinajstić information content (AvgIpc) is 3.43. The quantitative estimate of drug-likeness (QED) is 0.281. The topological polar surface area (TPSA) is 182 Å². The molecule has 200 valence electrons. The first-order valence-corrected chi connectivity index (χ1v) is 13.2. The van der Waals surface area contributed by atoms with Crippen LogP contribution in [0, 0.1) is 5.92 Å². The number of nitrogens with two attached hydrogens (primary N) is 1. The third-order valence-corrected chi connectivity index (χ3v) is 7.82. The molecule has 0 bridgehead atoms. The summed E-state index contributed by atoms with van der Waals surface area (Å²) in [4.78, 5) is 36.8. The Morgan fingerprint density at radius 3 is 2.39 bits per heavy atom. The van der Waals surface area contributed by atoms with Crippen molar-refractivity contribution in [2.24, 2.45) is 5.92 Å². The number of hydrogen-bond acceptors (Lipinski definition) is 11. The molecule has 5 unspecified atom stereocenters. The highest BCUT2D eigenvalue weighted by atomic mass is 31.2. The number of aromatic nitrogens is 4. The number of nitrogen functional groups attached to an aromatic ring is 1. The van der Waals surface area contributed by atoms with Gasteiger partial charge in [0.15, 0.2) is 5.65 Å². The van der Waals surface area contributed by atoms with Crippen molar-refractivity contribution < 1.29 is 32.9 Å². The van der Waals surface area contributed by atoms with Crippen molar-refractivity contribution in [3.63, 3.8) is 0 Å². The van der Waals surface area contributed by atoms with Crippen LogP contribution in [-0.2, 0) is 39.3 Å². The molecule has 1 fully saturated rings. The van der Waals surface area contributed by atoms with E-state index in [9.17, 15) is 14.2 Å². The number of carbonyl (C=O) groups excluding carboxylic acids is 2. The number of ether oxygens (including phenoxy) is 3. The van der Waals surface area contributed by atoms with Crippen molar-refractivity contribution in [3.8, 4) is 0 Å². The smallest absolute Gasteiger partial charge is 0.342 e. The van der Waals surface area contributed by atoms with Crippen LogP contribution in [0.4, 0.5) is 5.95 Å². The van der Waals surface area contributed by atoms with Gasteiger partial charge in [-0.15, -0.1) is 0 Å². The van der Waals surface area contributed by atoms with Crippen LogP contribution in [0.3, 0.4) is 0 Å². The third-order valence-electron chi connectivity index (χ3n) is 5.85. The van der Waals surface area contributed by atoms with Gasteiger partial charge in [-0.05, 0) is 26.7 Å². The fraction of sp³-hybridized carbons (Fsp3) is 0.667. The molecule has 15 heteroatoms. The Labute approximate surface area is 209 Å². The molecular formula is C21H34N7O7P. The highest BCUT2D eigenvalue weighted by Gasteiger charge is 2.38. The van der Waals surface area contributed by atoms with Gasteiger partial charge in [-0.3, -0.25) is 18.7 Å². The van der Waals surface area contributed by atoms with Gasteiger partial charge in [0.05, 0.1) is 39.0 Å². The van der Waals surface area contributed by atoms with Crippen LogP contribution in [0.2, 0.25) is 0 Å². The fourth-order valence-electron chi connectivity index (χ4n) is 4.06. The zero-order valence-electron chi connectivity index (χ0n) is 21.3. The molecule has 0 radical (unpaired) electrons. The lowest BCUT2D eigenvalue weighted by atomic mass is 10.1. The molecule has 0 aliphatic carbocycles. The highest BCUT2D eigenvalue weighted by molar-refractivity contribution is 7.54. The van der Waals surface area contributed by atoms with Crippen LogP contribution in [0.15, 0.2) is 6.33 Å². The van der Waals surface area contributed by atoms with Crippen LogP contribution >= 0.6 is 7.67 Å². The highest BCUT2D eigenvalue weighted by Crippen LogP contribution is 2.42. The molecule has 3 rings (SSSR count). The Hall–Kier alpha value is -2.64. The van der Waals surface area contributed by atoms with Crippen LogP contribution < -0.4 is 15.9 Å². The van der Waals surface area contributed by atoms with Gasteiger partial charge in [0, 0.05) is 5.92 Å². The standard InChI is InChI=1S/C21H34N7O7P/c1-7-15-16-17(25-21(22)24-15)28(10-23-16)18-11(2)8-14(35-18)9-34-36(31,26-12(3)19(29)32-5)27-13(4)20(30)33-6/h10-14,18H,7-9H2,1-6H3,(H2,22,24,25)(H2,26,27,31). The van der Waals surface area contributed by atoms with E-state index < -0.39 is 44.0 Å². The number of aryl methyl sites for hydroxylation is 1. The second-order valence-electron chi connectivity index (χ2n) is 8.66. The number of methoxy groups -OCH3 is 2. The lowest BCUT2D eigenvalue weighted by molar-refractivity contribution is -0.142. The molecule has 14 nitrogen and oxygen atoms in total. The molecule has 3 heterocycles. The van der Waals surface area contributed by atoms with E-state index in [1.807, 2.05) is 18.4 Å². The summed E-state index contributed by atoms with van der Waals surface area (Å²) in [6, 6.07) is -1.94. The maximum absolute atomic E-state index is 13.5. The molecule has 5 atom stereocenters. The number of esters is 2. The van der Waals surface area contributed by atoms with Crippen LogP contribution in [0.1, 0.15) is 46.0 Å². The van der Waals surface area contributed by atoms with Crippen molar-refractivity contribution in [2.45, 2.75) is 65.0 Å². The molecule has 1 aliphatic heterocycles. The molecule has 0 amide bonds. The van der Waals surface area contributed by atoms with E-state index in [0.29, 0.717) is 24.0 Å². The van der Waals surface area contributed by atoms with Gasteiger partial charge in [0.25, 0.3) is 0 Å². The van der Waals surface area contributed by atoms with E-state index in [4.69, 9.17) is 15.0 Å². The third kappa shape index (κ3) is 6.19. The summed E-state index contributed by atoms with van der Waals surface area (Å²) in [6.45, 7) is 6.84. The molecule has 1 aliphatic rings. The number of fused-ring (bicyclic) bond motifs is 1. The Kier molecular flexibility index (Phi) is 9.01. The largest absolute Gasteiger partial charge is 0.468 e. The Morgan fingerprint density at radius 2 is 1.83 bits per heavy atom. The molecule has 4 N–H and O–H groups in total. The van der Waals surface area contributed by atoms with Gasteiger partial charge in [-0.25, -0.2) is 20.1 Å². The summed E-state index contributed by atoms with van der Waals surface area (Å²) < 4.78 is 36.7. The zero-order chi connectivity index (χ0) is 26.6. The summed E-state index contributed by atoms with van der Waals surface area (Å²) in [6.07, 6.45) is 2.04. The Balaban J connectivity index is 1.75. The first-order chi connectivity index (χ1) is 17.0. The van der Waals surface area contributed by atoms with E-state index in [1.165, 1.54) is 28.1 Å². The fourth-order valence-corrected chi connectivity index (χ4v) is 5.89. The summed E-state index contributed by atoms with van der Waals surface area (Å²) in [5.41, 5.74) is 7.88. The first kappa shape index (κ1) is 27.9. The summed E-state index contributed by atoms with van der Waals surface area (Å²) in [5.74, 6) is -1.08. The number of imidazole rings is 1. The summed E-state index contributed by atoms with van der Waals surface area (Å²) in [5, 5.41) is 5.22. The minimum atomic E-state index is -3.91. The lowest BCUT2D eigenvalue weighted by Gasteiger charge is -2.26. The van der Waals surface area contributed by atoms with E-state index >= 15 is 0 Å². The summed E-state index contributed by atoms with van der Waals surface area (Å²) >= 11 is 0. The predicted molar refractivity (Wildman–Crippen MR) is 130 cm³/mol. The van der Waals surface area contributed by atoms with Gasteiger partial charge in [-0.2, -0.15) is 4.98 Å². The second-order valence-corrected chi connectivity index (χ2v) is 10.5. The Bertz CT molecular complexity index is 1120. The first-order valence-electron chi connectivity index (χ1n) is 11.6. The number of rotatable bonds is 11. The zero-order valence-corrected chi connectivity index (χ0v) is 22.2. The van der Waals surface area contributed by atoms with Crippen molar-refractivity contribution in [3.05, 3.63) is 12.0 Å². The molecule has 36 heavy (non-hydrogen) atoms. The maximum atomic E-state index is 13.5. The van der Waals surface area contributed by atoms with Gasteiger partial charge in [-0.1, -0.05) is 13.8 Å². The molecule has 2 aromatic heterocycles. The predicted octanol–water partition coefficient (Wildman–Crippen LogP) is 1.32. The van der Waals surface area contributed by atoms with Crippen molar-refractivity contribution in [1.29, 1.82) is 0 Å². The average molecular weight is 528 g/mol. The molecular weight excluding hydrogens is 493 g/mol. The van der Waals surface area contributed by atoms with E-state index in [0.717, 1.165) is 5.69 Å². The van der Waals surface area contributed by atoms with E-state index in [1.54, 1.807) is 6.33 Å². The van der Waals surface area contributed by atoms with Crippen LogP contribution in [-0.4, -0.2) is 70.5 Å². The van der Waals surface area contributed by atoms with Gasteiger partial charge >= 0.3 is 19.6 Å². The minimum Gasteiger partial charge on any atom is -0.468 e. The number of anilines is 1. The lowest BCUT2D eigenvalue weighted by Crippen LogP contribution is -2.42. The minimum absolute atomic E-state index is 0.0422. The van der Waals surface area contributed by atoms with Gasteiger partial charge in [0.2, 0.25) is 5.95 Å².